The largest absolute Gasteiger partial charge is 0.410 e. The molecule has 0 spiro atoms. The number of nitrogens with zero attached hydrogens (tertiary/aromatic N) is 1. The summed E-state index contributed by atoms with van der Waals surface area (Å²) in [4.78, 5) is 12.9. The quantitative estimate of drug-likeness (QED) is 0.246. The maximum atomic E-state index is 12.8. The molecule has 1 amide bonds. The molecule has 0 aliphatic heterocycles. The van der Waals surface area contributed by atoms with E-state index in [-0.39, 0.29) is 23.9 Å². The van der Waals surface area contributed by atoms with Crippen molar-refractivity contribution in [2.75, 3.05) is 12.3 Å². The van der Waals surface area contributed by atoms with E-state index in [1.54, 1.807) is 22.9 Å². The van der Waals surface area contributed by atoms with Gasteiger partial charge in [0.05, 0.1) is 0 Å². The number of hydrogen-bond donors (Lipinski definition) is 2. The molecule has 0 atom stereocenters. The predicted molar refractivity (Wildman–Crippen MR) is 97.1 cm³/mol. The minimum atomic E-state index is -0.381. The van der Waals surface area contributed by atoms with E-state index >= 15 is 0 Å². The molecule has 2 aromatic carbocycles. The predicted octanol–water partition coefficient (Wildman–Crippen LogP) is 3.76. The number of carbonyl (C=O) groups excluding carboxylic acids is 1. The number of carbonyl (C=O) groups is 1. The van der Waals surface area contributed by atoms with Gasteiger partial charge in [-0.3, -0.25) is 4.79 Å². The molecule has 0 radical (unpaired) electrons. The van der Waals surface area contributed by atoms with Crippen molar-refractivity contribution in [2.24, 2.45) is 5.16 Å². The van der Waals surface area contributed by atoms with Gasteiger partial charge in [0.15, 0.2) is 0 Å². The molecule has 2 N–H and O–H groups in total. The summed E-state index contributed by atoms with van der Waals surface area (Å²) in [5, 5.41) is 14.8. The second-order valence-electron chi connectivity index (χ2n) is 4.82. The van der Waals surface area contributed by atoms with Crippen LogP contribution in [0, 0.1) is 5.82 Å². The lowest BCUT2D eigenvalue weighted by Gasteiger charge is -2.07. The first-order valence-electron chi connectivity index (χ1n) is 7.27. The molecular weight excluding hydrogens is 347 g/mol. The van der Waals surface area contributed by atoms with E-state index in [1.807, 2.05) is 30.3 Å². The van der Waals surface area contributed by atoms with Gasteiger partial charge in [-0.15, -0.1) is 0 Å². The van der Waals surface area contributed by atoms with Crippen molar-refractivity contribution in [1.29, 1.82) is 0 Å². The number of halogens is 1. The Labute approximate surface area is 147 Å². The minimum Gasteiger partial charge on any atom is -0.410 e. The number of rotatable bonds is 8. The summed E-state index contributed by atoms with van der Waals surface area (Å²) >= 11 is 0. The van der Waals surface area contributed by atoms with Crippen LogP contribution in [0.2, 0.25) is 0 Å². The van der Waals surface area contributed by atoms with Crippen molar-refractivity contribution in [3.63, 3.8) is 0 Å². The van der Waals surface area contributed by atoms with E-state index in [9.17, 15) is 9.18 Å². The van der Waals surface area contributed by atoms with Crippen molar-refractivity contribution >= 4 is 33.2 Å². The fourth-order valence-corrected chi connectivity index (χ4v) is 3.75. The summed E-state index contributed by atoms with van der Waals surface area (Å²) < 4.78 is 12.8. The molecule has 0 aliphatic rings. The molecule has 0 heterocycles. The first kappa shape index (κ1) is 18.4. The fourth-order valence-electron chi connectivity index (χ4n) is 1.86. The number of amides is 1. The third-order valence-corrected chi connectivity index (χ3v) is 5.42. The Morgan fingerprint density at radius 1 is 1.12 bits per heavy atom. The summed E-state index contributed by atoms with van der Waals surface area (Å²) in [7, 11) is 3.07. The van der Waals surface area contributed by atoms with Crippen LogP contribution in [0.4, 0.5) is 4.39 Å². The molecule has 0 bridgehead atoms. The SMILES string of the molecule is O=C(NCCSSc1ccc(F)cc1)/C(Cc1ccccc1)=N/O. The molecule has 0 fully saturated rings. The van der Waals surface area contributed by atoms with Crippen LogP contribution in [0.3, 0.4) is 0 Å². The van der Waals surface area contributed by atoms with Crippen LogP contribution in [0.5, 0.6) is 0 Å². The van der Waals surface area contributed by atoms with Crippen molar-refractivity contribution in [3.8, 4) is 0 Å². The molecular formula is C17H17FN2O2S2. The first-order chi connectivity index (χ1) is 11.7. The van der Waals surface area contributed by atoms with Gasteiger partial charge in [0.1, 0.15) is 11.5 Å². The van der Waals surface area contributed by atoms with Gasteiger partial charge in [-0.25, -0.2) is 4.39 Å². The van der Waals surface area contributed by atoms with Gasteiger partial charge >= 0.3 is 0 Å². The Hall–Kier alpha value is -1.99. The van der Waals surface area contributed by atoms with Gasteiger partial charge in [0, 0.05) is 23.6 Å². The van der Waals surface area contributed by atoms with E-state index < -0.39 is 0 Å². The zero-order valence-electron chi connectivity index (χ0n) is 12.8. The number of benzene rings is 2. The molecule has 2 rings (SSSR count). The highest BCUT2D eigenvalue weighted by Crippen LogP contribution is 2.30. The molecule has 24 heavy (non-hydrogen) atoms. The number of nitrogens with one attached hydrogen (secondary N) is 1. The highest BCUT2D eigenvalue weighted by Gasteiger charge is 2.12. The van der Waals surface area contributed by atoms with Crippen molar-refractivity contribution in [1.82, 2.24) is 5.32 Å². The molecule has 0 aromatic heterocycles. The number of oxime groups is 1. The molecule has 0 saturated carbocycles. The van der Waals surface area contributed by atoms with Crippen LogP contribution in [0.25, 0.3) is 0 Å². The molecule has 2 aromatic rings. The maximum Gasteiger partial charge on any atom is 0.269 e. The van der Waals surface area contributed by atoms with Crippen molar-refractivity contribution < 1.29 is 14.4 Å². The van der Waals surface area contributed by atoms with E-state index in [4.69, 9.17) is 5.21 Å². The standard InChI is InChI=1S/C17H17FN2O2S2/c18-14-6-8-15(9-7-14)24-23-11-10-19-17(21)16(20-22)12-13-4-2-1-3-5-13/h1-9,22H,10-12H2,(H,19,21)/b20-16+. The molecule has 126 valence electrons. The summed E-state index contributed by atoms with van der Waals surface area (Å²) in [6.07, 6.45) is 0.278. The Morgan fingerprint density at radius 3 is 2.50 bits per heavy atom. The minimum absolute atomic E-state index is 0.0809. The van der Waals surface area contributed by atoms with Crippen LogP contribution < -0.4 is 5.32 Å². The Balaban J connectivity index is 1.69. The summed E-state index contributed by atoms with van der Waals surface area (Å²) in [5.74, 6) is 0.0391. The summed E-state index contributed by atoms with van der Waals surface area (Å²) in [6, 6.07) is 15.6. The second-order valence-corrected chi connectivity index (χ2v) is 7.31. The zero-order chi connectivity index (χ0) is 17.2. The average molecular weight is 364 g/mol. The zero-order valence-corrected chi connectivity index (χ0v) is 14.4. The first-order valence-corrected chi connectivity index (χ1v) is 9.59. The average Bonchev–Trinajstić information content (AvgIpc) is 2.61. The van der Waals surface area contributed by atoms with E-state index in [1.165, 1.54) is 22.9 Å². The molecule has 7 heteroatoms. The van der Waals surface area contributed by atoms with Crippen LogP contribution in [-0.4, -0.2) is 29.1 Å². The summed E-state index contributed by atoms with van der Waals surface area (Å²) in [5.41, 5.74) is 0.985. The van der Waals surface area contributed by atoms with Crippen LogP contribution in [0.1, 0.15) is 5.56 Å². The molecule has 0 aliphatic carbocycles. The molecule has 0 saturated heterocycles. The van der Waals surface area contributed by atoms with Gasteiger partial charge in [-0.1, -0.05) is 57.1 Å². The normalized spacial score (nSPS) is 11.3. The smallest absolute Gasteiger partial charge is 0.269 e. The summed E-state index contributed by atoms with van der Waals surface area (Å²) in [6.45, 7) is 0.450. The van der Waals surface area contributed by atoms with Gasteiger partial charge in [0.2, 0.25) is 0 Å². The highest BCUT2D eigenvalue weighted by molar-refractivity contribution is 8.76. The Bertz CT molecular complexity index is 679. The van der Waals surface area contributed by atoms with Crippen LogP contribution >= 0.6 is 21.6 Å². The number of hydrogen-bond acceptors (Lipinski definition) is 5. The fraction of sp³-hybridized carbons (Fsp3) is 0.176. The van der Waals surface area contributed by atoms with Gasteiger partial charge in [-0.2, -0.15) is 0 Å². The lowest BCUT2D eigenvalue weighted by molar-refractivity contribution is -0.114. The highest BCUT2D eigenvalue weighted by atomic mass is 33.1. The topological polar surface area (TPSA) is 61.7 Å². The Kier molecular flexibility index (Phi) is 7.64. The lowest BCUT2D eigenvalue weighted by Crippen LogP contribution is -2.33. The van der Waals surface area contributed by atoms with Crippen molar-refractivity contribution in [2.45, 2.75) is 11.3 Å². The maximum absolute atomic E-state index is 12.8. The van der Waals surface area contributed by atoms with E-state index in [2.05, 4.69) is 10.5 Å². The van der Waals surface area contributed by atoms with Crippen LogP contribution in [0.15, 0.2) is 64.6 Å². The van der Waals surface area contributed by atoms with Crippen molar-refractivity contribution in [3.05, 3.63) is 66.0 Å². The van der Waals surface area contributed by atoms with Crippen LogP contribution in [-0.2, 0) is 11.2 Å². The van der Waals surface area contributed by atoms with Gasteiger partial charge in [0.25, 0.3) is 5.91 Å². The van der Waals surface area contributed by atoms with E-state index in [0.29, 0.717) is 12.3 Å². The third-order valence-electron chi connectivity index (χ3n) is 3.04. The Morgan fingerprint density at radius 2 is 1.83 bits per heavy atom. The monoisotopic (exact) mass is 364 g/mol. The van der Waals surface area contributed by atoms with Gasteiger partial charge < -0.3 is 10.5 Å². The lowest BCUT2D eigenvalue weighted by atomic mass is 10.1. The third kappa shape index (κ3) is 6.25. The van der Waals surface area contributed by atoms with E-state index in [0.717, 1.165) is 10.5 Å². The second kappa shape index (κ2) is 10.00. The molecule has 4 nitrogen and oxygen atoms in total. The molecule has 0 unspecified atom stereocenters. The van der Waals surface area contributed by atoms with Gasteiger partial charge in [-0.05, 0) is 29.8 Å².